The first-order valence-corrected chi connectivity index (χ1v) is 12.9. The van der Waals surface area contributed by atoms with Gasteiger partial charge in [-0.15, -0.1) is 0 Å². The van der Waals surface area contributed by atoms with E-state index in [2.05, 4.69) is 10.3 Å². The Hall–Kier alpha value is -1.26. The van der Waals surface area contributed by atoms with Crippen LogP contribution in [-0.4, -0.2) is 62.8 Å². The fourth-order valence-electron chi connectivity index (χ4n) is 4.00. The van der Waals surface area contributed by atoms with Gasteiger partial charge in [-0.25, -0.2) is 16.8 Å². The SMILES string of the molecule is O=S1(=O)CC[C@@H](NC2CCN(S(=O)(=O)c3ccc(Cl)c4ncccc34)CC2)C1. The van der Waals surface area contributed by atoms with Crippen molar-refractivity contribution in [3.8, 4) is 0 Å². The number of benzene rings is 1. The third-order valence-electron chi connectivity index (χ3n) is 5.46. The van der Waals surface area contributed by atoms with E-state index in [1.165, 1.54) is 10.4 Å². The standard InChI is InChI=1S/C18H22ClN3O4S2/c19-16-3-4-17(15-2-1-8-20-18(15)16)28(25,26)22-9-5-13(6-10-22)21-14-7-11-27(23,24)12-14/h1-4,8,13-14,21H,5-7,9-12H2/t14-/m1/s1. The number of piperidine rings is 1. The Labute approximate surface area is 170 Å². The summed E-state index contributed by atoms with van der Waals surface area (Å²) in [4.78, 5) is 4.42. The largest absolute Gasteiger partial charge is 0.310 e. The molecule has 2 aliphatic heterocycles. The highest BCUT2D eigenvalue weighted by Gasteiger charge is 2.34. The van der Waals surface area contributed by atoms with E-state index in [0.717, 1.165) is 0 Å². The number of nitrogens with zero attached hydrogens (tertiary/aromatic N) is 2. The average Bonchev–Trinajstić information content (AvgIpc) is 3.01. The zero-order valence-corrected chi connectivity index (χ0v) is 17.6. The third kappa shape index (κ3) is 3.91. The van der Waals surface area contributed by atoms with Gasteiger partial charge in [-0.2, -0.15) is 4.31 Å². The molecule has 0 aliphatic carbocycles. The lowest BCUT2D eigenvalue weighted by Gasteiger charge is -2.33. The molecule has 3 heterocycles. The van der Waals surface area contributed by atoms with E-state index in [1.807, 2.05) is 0 Å². The number of sulfone groups is 1. The summed E-state index contributed by atoms with van der Waals surface area (Å²) in [5, 5.41) is 4.33. The van der Waals surface area contributed by atoms with E-state index in [1.54, 1.807) is 24.4 Å². The van der Waals surface area contributed by atoms with E-state index < -0.39 is 19.9 Å². The number of nitrogens with one attached hydrogen (secondary N) is 1. The summed E-state index contributed by atoms with van der Waals surface area (Å²) in [5.41, 5.74) is 0.476. The van der Waals surface area contributed by atoms with Gasteiger partial charge in [0.05, 0.1) is 26.9 Å². The summed E-state index contributed by atoms with van der Waals surface area (Å²) in [5.74, 6) is 0.408. The predicted octanol–water partition coefficient (Wildman–Crippen LogP) is 1.82. The molecule has 2 aliphatic rings. The number of hydrogen-bond acceptors (Lipinski definition) is 6. The first-order chi connectivity index (χ1) is 13.3. The number of sulfonamides is 1. The molecule has 7 nitrogen and oxygen atoms in total. The number of rotatable bonds is 4. The first kappa shape index (κ1) is 20.0. The fraction of sp³-hybridized carbons (Fsp3) is 0.500. The highest BCUT2D eigenvalue weighted by Crippen LogP contribution is 2.30. The van der Waals surface area contributed by atoms with E-state index >= 15 is 0 Å². The van der Waals surface area contributed by atoms with Crippen molar-refractivity contribution in [3.05, 3.63) is 35.5 Å². The Bertz CT molecular complexity index is 1100. The molecule has 4 rings (SSSR count). The fourth-order valence-corrected chi connectivity index (χ4v) is 7.55. The van der Waals surface area contributed by atoms with Crippen LogP contribution in [0.5, 0.6) is 0 Å². The Balaban J connectivity index is 1.48. The van der Waals surface area contributed by atoms with Gasteiger partial charge in [0.2, 0.25) is 10.0 Å². The van der Waals surface area contributed by atoms with Crippen molar-refractivity contribution in [2.45, 2.75) is 36.2 Å². The summed E-state index contributed by atoms with van der Waals surface area (Å²) in [6.07, 6.45) is 3.52. The lowest BCUT2D eigenvalue weighted by Crippen LogP contribution is -2.48. The van der Waals surface area contributed by atoms with Gasteiger partial charge in [0, 0.05) is 36.8 Å². The minimum atomic E-state index is -3.66. The van der Waals surface area contributed by atoms with E-state index in [-0.39, 0.29) is 28.5 Å². The topological polar surface area (TPSA) is 96.4 Å². The van der Waals surface area contributed by atoms with Crippen molar-refractivity contribution in [2.75, 3.05) is 24.6 Å². The van der Waals surface area contributed by atoms with E-state index in [9.17, 15) is 16.8 Å². The minimum Gasteiger partial charge on any atom is -0.310 e. The van der Waals surface area contributed by atoms with Gasteiger partial charge in [-0.05, 0) is 43.5 Å². The highest BCUT2D eigenvalue weighted by atomic mass is 35.5. The summed E-state index contributed by atoms with van der Waals surface area (Å²) >= 11 is 6.16. The molecule has 0 amide bonds. The molecule has 2 fully saturated rings. The molecule has 2 saturated heterocycles. The van der Waals surface area contributed by atoms with Gasteiger partial charge >= 0.3 is 0 Å². The molecule has 0 bridgehead atoms. The first-order valence-electron chi connectivity index (χ1n) is 9.26. The maximum absolute atomic E-state index is 13.2. The maximum atomic E-state index is 13.2. The van der Waals surface area contributed by atoms with Crippen LogP contribution < -0.4 is 5.32 Å². The molecule has 1 N–H and O–H groups in total. The molecule has 10 heteroatoms. The Kier molecular flexibility index (Phi) is 5.39. The molecule has 0 saturated carbocycles. The van der Waals surface area contributed by atoms with Crippen molar-refractivity contribution in [3.63, 3.8) is 0 Å². The van der Waals surface area contributed by atoms with Crippen LogP contribution in [0.4, 0.5) is 0 Å². The van der Waals surface area contributed by atoms with Crippen molar-refractivity contribution in [1.29, 1.82) is 0 Å². The molecule has 0 spiro atoms. The van der Waals surface area contributed by atoms with Crippen LogP contribution in [-0.2, 0) is 19.9 Å². The lowest BCUT2D eigenvalue weighted by molar-refractivity contribution is 0.277. The van der Waals surface area contributed by atoms with Gasteiger partial charge in [-0.3, -0.25) is 4.98 Å². The van der Waals surface area contributed by atoms with Crippen molar-refractivity contribution >= 4 is 42.4 Å². The molecule has 1 aromatic carbocycles. The van der Waals surface area contributed by atoms with E-state index in [0.29, 0.717) is 48.3 Å². The highest BCUT2D eigenvalue weighted by molar-refractivity contribution is 7.91. The number of fused-ring (bicyclic) bond motifs is 1. The monoisotopic (exact) mass is 443 g/mol. The van der Waals surface area contributed by atoms with Crippen LogP contribution >= 0.6 is 11.6 Å². The summed E-state index contributed by atoms with van der Waals surface area (Å²) in [6.45, 7) is 0.785. The van der Waals surface area contributed by atoms with Gasteiger partial charge in [0.25, 0.3) is 0 Å². The second kappa shape index (κ2) is 7.53. The predicted molar refractivity (Wildman–Crippen MR) is 109 cm³/mol. The minimum absolute atomic E-state index is 0.0237. The number of hydrogen-bond donors (Lipinski definition) is 1. The van der Waals surface area contributed by atoms with Crippen molar-refractivity contribution in [2.24, 2.45) is 0 Å². The number of halogens is 1. The lowest BCUT2D eigenvalue weighted by atomic mass is 10.1. The molecular weight excluding hydrogens is 422 g/mol. The molecule has 152 valence electrons. The maximum Gasteiger partial charge on any atom is 0.243 e. The molecule has 0 radical (unpaired) electrons. The van der Waals surface area contributed by atoms with Crippen LogP contribution in [0.15, 0.2) is 35.4 Å². The van der Waals surface area contributed by atoms with Crippen molar-refractivity contribution in [1.82, 2.24) is 14.6 Å². The summed E-state index contributed by atoms with van der Waals surface area (Å²) in [7, 11) is -6.59. The molecule has 0 unspecified atom stereocenters. The molecule has 2 aromatic rings. The Morgan fingerprint density at radius 3 is 2.54 bits per heavy atom. The average molecular weight is 444 g/mol. The van der Waals surface area contributed by atoms with Crippen LogP contribution in [0, 0.1) is 0 Å². The quantitative estimate of drug-likeness (QED) is 0.774. The number of pyridine rings is 1. The van der Waals surface area contributed by atoms with Crippen LogP contribution in [0.25, 0.3) is 10.9 Å². The van der Waals surface area contributed by atoms with E-state index in [4.69, 9.17) is 11.6 Å². The van der Waals surface area contributed by atoms with Gasteiger partial charge in [0.15, 0.2) is 9.84 Å². The summed E-state index contributed by atoms with van der Waals surface area (Å²) in [6, 6.07) is 6.63. The molecule has 1 atom stereocenters. The zero-order valence-electron chi connectivity index (χ0n) is 15.2. The summed E-state index contributed by atoms with van der Waals surface area (Å²) < 4.78 is 51.1. The van der Waals surface area contributed by atoms with Crippen LogP contribution in [0.1, 0.15) is 19.3 Å². The van der Waals surface area contributed by atoms with Gasteiger partial charge < -0.3 is 5.32 Å². The zero-order chi connectivity index (χ0) is 19.9. The van der Waals surface area contributed by atoms with Crippen molar-refractivity contribution < 1.29 is 16.8 Å². The van der Waals surface area contributed by atoms with Crippen LogP contribution in [0.2, 0.25) is 5.02 Å². The Morgan fingerprint density at radius 1 is 1.11 bits per heavy atom. The van der Waals surface area contributed by atoms with Crippen LogP contribution in [0.3, 0.4) is 0 Å². The molecule has 1 aromatic heterocycles. The number of aromatic nitrogens is 1. The normalized spacial score (nSPS) is 24.0. The Morgan fingerprint density at radius 2 is 1.86 bits per heavy atom. The third-order valence-corrected chi connectivity index (χ3v) is 9.49. The second-order valence-electron chi connectivity index (χ2n) is 7.39. The smallest absolute Gasteiger partial charge is 0.243 e. The van der Waals surface area contributed by atoms with Gasteiger partial charge in [-0.1, -0.05) is 11.6 Å². The molecule has 28 heavy (non-hydrogen) atoms. The second-order valence-corrected chi connectivity index (χ2v) is 11.9. The molecular formula is C18H22ClN3O4S2. The van der Waals surface area contributed by atoms with Gasteiger partial charge in [0.1, 0.15) is 0 Å².